The lowest BCUT2D eigenvalue weighted by molar-refractivity contribution is -0.148. The molecule has 2 aliphatic rings. The lowest BCUT2D eigenvalue weighted by Crippen LogP contribution is -2.42. The van der Waals surface area contributed by atoms with E-state index in [9.17, 15) is 13.2 Å². The van der Waals surface area contributed by atoms with Gasteiger partial charge < -0.3 is 10.6 Å². The third kappa shape index (κ3) is 7.85. The molecule has 1 aliphatic heterocycles. The van der Waals surface area contributed by atoms with Crippen molar-refractivity contribution in [2.75, 3.05) is 33.2 Å². The third-order valence-electron chi connectivity index (χ3n) is 4.10. The van der Waals surface area contributed by atoms with Gasteiger partial charge in [0.05, 0.1) is 6.54 Å². The largest absolute Gasteiger partial charge is 0.401 e. The van der Waals surface area contributed by atoms with Crippen LogP contribution < -0.4 is 10.6 Å². The van der Waals surface area contributed by atoms with Gasteiger partial charge in [0.25, 0.3) is 0 Å². The fraction of sp³-hybridized carbons (Fsp3) is 0.929. The number of nitrogens with one attached hydrogen (secondary N) is 2. The first-order valence-electron chi connectivity index (χ1n) is 7.72. The van der Waals surface area contributed by atoms with E-state index in [1.165, 1.54) is 17.7 Å². The number of piperidine rings is 1. The maximum Gasteiger partial charge on any atom is 0.401 e. The molecular formula is C14H26F3IN4. The van der Waals surface area contributed by atoms with E-state index in [-0.39, 0.29) is 24.0 Å². The van der Waals surface area contributed by atoms with E-state index in [0.717, 1.165) is 31.8 Å². The Morgan fingerprint density at radius 1 is 1.18 bits per heavy atom. The van der Waals surface area contributed by atoms with Crippen LogP contribution in [-0.2, 0) is 0 Å². The van der Waals surface area contributed by atoms with E-state index in [4.69, 9.17) is 0 Å². The van der Waals surface area contributed by atoms with Gasteiger partial charge >= 0.3 is 6.18 Å². The van der Waals surface area contributed by atoms with Gasteiger partial charge in [0.1, 0.15) is 0 Å². The van der Waals surface area contributed by atoms with Crippen molar-refractivity contribution < 1.29 is 13.2 Å². The minimum atomic E-state index is -4.07. The molecule has 1 saturated heterocycles. The van der Waals surface area contributed by atoms with Crippen LogP contribution in [0.3, 0.4) is 0 Å². The van der Waals surface area contributed by atoms with Gasteiger partial charge in [0, 0.05) is 19.6 Å². The van der Waals surface area contributed by atoms with Gasteiger partial charge in [-0.05, 0) is 51.1 Å². The lowest BCUT2D eigenvalue weighted by atomic mass is 9.93. The van der Waals surface area contributed by atoms with E-state index in [2.05, 4.69) is 15.6 Å². The molecule has 1 heterocycles. The van der Waals surface area contributed by atoms with E-state index in [1.54, 1.807) is 7.05 Å². The number of halogens is 4. The topological polar surface area (TPSA) is 39.7 Å². The summed E-state index contributed by atoms with van der Waals surface area (Å²) in [5, 5.41) is 6.60. The van der Waals surface area contributed by atoms with Crippen molar-refractivity contribution in [2.24, 2.45) is 10.9 Å². The van der Waals surface area contributed by atoms with Crippen molar-refractivity contribution in [3.63, 3.8) is 0 Å². The monoisotopic (exact) mass is 434 g/mol. The fourth-order valence-corrected chi connectivity index (χ4v) is 2.70. The molecule has 0 bridgehead atoms. The normalized spacial score (nSPS) is 21.4. The van der Waals surface area contributed by atoms with Crippen LogP contribution in [0.1, 0.15) is 32.1 Å². The van der Waals surface area contributed by atoms with Gasteiger partial charge in [-0.1, -0.05) is 0 Å². The lowest BCUT2D eigenvalue weighted by Gasteiger charge is -2.32. The predicted molar refractivity (Wildman–Crippen MR) is 92.8 cm³/mol. The second-order valence-electron chi connectivity index (χ2n) is 6.04. The molecule has 130 valence electrons. The predicted octanol–water partition coefficient (Wildman–Crippen LogP) is 2.60. The summed E-state index contributed by atoms with van der Waals surface area (Å²) >= 11 is 0. The summed E-state index contributed by atoms with van der Waals surface area (Å²) in [6.45, 7) is 1.17. The highest BCUT2D eigenvalue weighted by Crippen LogP contribution is 2.24. The molecule has 4 nitrogen and oxygen atoms in total. The molecule has 0 radical (unpaired) electrons. The second kappa shape index (κ2) is 9.14. The Balaban J connectivity index is 0.00000242. The molecule has 1 aliphatic carbocycles. The van der Waals surface area contributed by atoms with Crippen LogP contribution >= 0.6 is 24.0 Å². The van der Waals surface area contributed by atoms with Gasteiger partial charge in [-0.15, -0.1) is 24.0 Å². The van der Waals surface area contributed by atoms with Crippen LogP contribution in [-0.4, -0.2) is 56.3 Å². The zero-order chi connectivity index (χ0) is 15.3. The van der Waals surface area contributed by atoms with Crippen LogP contribution in [0, 0.1) is 5.92 Å². The Bertz CT molecular complexity index is 350. The fourth-order valence-electron chi connectivity index (χ4n) is 2.70. The number of aliphatic imine (C=N–C) groups is 1. The summed E-state index contributed by atoms with van der Waals surface area (Å²) in [6.07, 6.45) is 1.04. The van der Waals surface area contributed by atoms with Crippen molar-refractivity contribution in [1.82, 2.24) is 15.5 Å². The highest BCUT2D eigenvalue weighted by atomic mass is 127. The van der Waals surface area contributed by atoms with Crippen molar-refractivity contribution in [3.8, 4) is 0 Å². The molecule has 8 heteroatoms. The van der Waals surface area contributed by atoms with Crippen LogP contribution in [0.25, 0.3) is 0 Å². The van der Waals surface area contributed by atoms with Gasteiger partial charge in [-0.25, -0.2) is 0 Å². The number of hydrogen-bond acceptors (Lipinski definition) is 2. The number of guanidine groups is 1. The number of likely N-dealkylation sites (tertiary alicyclic amines) is 1. The molecule has 1 saturated carbocycles. The highest BCUT2D eigenvalue weighted by Gasteiger charge is 2.32. The zero-order valence-corrected chi connectivity index (χ0v) is 15.3. The Kier molecular flexibility index (Phi) is 8.23. The molecule has 0 amide bonds. The van der Waals surface area contributed by atoms with Crippen LogP contribution in [0.4, 0.5) is 13.2 Å². The zero-order valence-electron chi connectivity index (χ0n) is 13.0. The number of hydrogen-bond donors (Lipinski definition) is 2. The van der Waals surface area contributed by atoms with Gasteiger partial charge in [-0.3, -0.25) is 9.89 Å². The van der Waals surface area contributed by atoms with E-state index >= 15 is 0 Å². The summed E-state index contributed by atoms with van der Waals surface area (Å²) in [5.74, 6) is 1.35. The molecular weight excluding hydrogens is 408 g/mol. The van der Waals surface area contributed by atoms with Crippen molar-refractivity contribution >= 4 is 29.9 Å². The standard InChI is InChI=1S/C14H25F3N4.HI/c1-18-13(20-12-2-3-12)19-7-4-11-5-8-21(9-6-11)10-14(15,16)17;/h11-12H,2-10H2,1H3,(H2,18,19,20);1H. The van der Waals surface area contributed by atoms with Gasteiger partial charge in [0.15, 0.2) is 5.96 Å². The van der Waals surface area contributed by atoms with Crippen molar-refractivity contribution in [1.29, 1.82) is 0 Å². The summed E-state index contributed by atoms with van der Waals surface area (Å²) < 4.78 is 36.9. The maximum atomic E-state index is 12.3. The quantitative estimate of drug-likeness (QED) is 0.397. The first-order valence-corrected chi connectivity index (χ1v) is 7.72. The van der Waals surface area contributed by atoms with Crippen molar-refractivity contribution in [3.05, 3.63) is 0 Å². The van der Waals surface area contributed by atoms with Gasteiger partial charge in [-0.2, -0.15) is 13.2 Å². The van der Waals surface area contributed by atoms with E-state index in [0.29, 0.717) is 25.0 Å². The molecule has 2 N–H and O–H groups in total. The van der Waals surface area contributed by atoms with Crippen molar-refractivity contribution in [2.45, 2.75) is 44.3 Å². The molecule has 0 aromatic carbocycles. The molecule has 2 rings (SSSR count). The number of alkyl halides is 3. The summed E-state index contributed by atoms with van der Waals surface area (Å²) in [5.41, 5.74) is 0. The third-order valence-corrected chi connectivity index (χ3v) is 4.10. The van der Waals surface area contributed by atoms with Gasteiger partial charge in [0.2, 0.25) is 0 Å². The van der Waals surface area contributed by atoms with E-state index in [1.807, 2.05) is 0 Å². The minimum Gasteiger partial charge on any atom is -0.356 e. The molecule has 0 spiro atoms. The Labute approximate surface area is 147 Å². The smallest absolute Gasteiger partial charge is 0.356 e. The van der Waals surface area contributed by atoms with Crippen LogP contribution in [0.5, 0.6) is 0 Å². The Morgan fingerprint density at radius 2 is 1.82 bits per heavy atom. The molecule has 22 heavy (non-hydrogen) atoms. The first-order chi connectivity index (χ1) is 9.96. The minimum absolute atomic E-state index is 0. The number of rotatable bonds is 5. The van der Waals surface area contributed by atoms with Crippen LogP contribution in [0.2, 0.25) is 0 Å². The Morgan fingerprint density at radius 3 is 2.32 bits per heavy atom. The summed E-state index contributed by atoms with van der Waals surface area (Å²) in [4.78, 5) is 5.68. The van der Waals surface area contributed by atoms with E-state index < -0.39 is 12.7 Å². The molecule has 0 atom stereocenters. The molecule has 2 fully saturated rings. The molecule has 0 aromatic rings. The average Bonchev–Trinajstić information content (AvgIpc) is 3.22. The first kappa shape index (κ1) is 19.8. The Hall–Kier alpha value is -0.250. The highest BCUT2D eigenvalue weighted by molar-refractivity contribution is 14.0. The average molecular weight is 434 g/mol. The molecule has 0 aromatic heterocycles. The summed E-state index contributed by atoms with van der Waals surface area (Å²) in [7, 11) is 1.76. The second-order valence-corrected chi connectivity index (χ2v) is 6.04. The maximum absolute atomic E-state index is 12.3. The molecule has 0 unspecified atom stereocenters. The summed E-state index contributed by atoms with van der Waals surface area (Å²) in [6, 6.07) is 0.571. The van der Waals surface area contributed by atoms with Crippen LogP contribution in [0.15, 0.2) is 4.99 Å². The number of nitrogens with zero attached hydrogens (tertiary/aromatic N) is 2. The SMILES string of the molecule is CN=C(NCCC1CCN(CC(F)(F)F)CC1)NC1CC1.I.